The Bertz CT molecular complexity index is 1220. The van der Waals surface area contributed by atoms with Crippen LogP contribution in [0.25, 0.3) is 10.9 Å². The van der Waals surface area contributed by atoms with Gasteiger partial charge >= 0.3 is 0 Å². The number of nitrogens with one attached hydrogen (secondary N) is 2. The highest BCUT2D eigenvalue weighted by Crippen LogP contribution is 2.26. The molecule has 1 heterocycles. The van der Waals surface area contributed by atoms with Crippen LogP contribution < -0.4 is 10.9 Å². The van der Waals surface area contributed by atoms with Crippen molar-refractivity contribution < 1.29 is 4.39 Å². The lowest BCUT2D eigenvalue weighted by Crippen LogP contribution is -2.28. The van der Waals surface area contributed by atoms with E-state index in [1.807, 2.05) is 31.2 Å². The first-order valence-electron chi connectivity index (χ1n) is 10.1. The number of H-pyrrole nitrogens is 1. The molecule has 2 atom stereocenters. The van der Waals surface area contributed by atoms with E-state index in [2.05, 4.69) is 46.5 Å². The van der Waals surface area contributed by atoms with Crippen molar-refractivity contribution in [2.75, 3.05) is 0 Å². The highest BCUT2D eigenvalue weighted by molar-refractivity contribution is 5.77. The average molecular weight is 401 g/mol. The summed E-state index contributed by atoms with van der Waals surface area (Å²) in [6.07, 6.45) is 0.955. The van der Waals surface area contributed by atoms with E-state index in [0.29, 0.717) is 16.7 Å². The summed E-state index contributed by atoms with van der Waals surface area (Å²) < 4.78 is 14.0. The molecule has 0 unspecified atom stereocenters. The number of hydrogen-bond donors (Lipinski definition) is 2. The average Bonchev–Trinajstić information content (AvgIpc) is 2.77. The van der Waals surface area contributed by atoms with Crippen molar-refractivity contribution in [2.45, 2.75) is 32.4 Å². The van der Waals surface area contributed by atoms with Crippen molar-refractivity contribution in [1.29, 1.82) is 0 Å². The number of hydrogen-bond acceptors (Lipinski definition) is 3. The summed E-state index contributed by atoms with van der Waals surface area (Å²) in [5.74, 6) is 0.264. The largest absolute Gasteiger partial charge is 0.309 e. The SMILES string of the molecule is CCc1ccc([C@H](N[C@@H](C)c2nc3ccccc3c(=O)[nH]2)c2cccc(F)c2)cc1. The van der Waals surface area contributed by atoms with E-state index in [9.17, 15) is 9.18 Å². The van der Waals surface area contributed by atoms with Crippen LogP contribution in [0.3, 0.4) is 0 Å². The summed E-state index contributed by atoms with van der Waals surface area (Å²) in [6.45, 7) is 4.06. The van der Waals surface area contributed by atoms with Crippen LogP contribution in [0.5, 0.6) is 0 Å². The fraction of sp³-hybridized carbons (Fsp3) is 0.200. The molecule has 0 amide bonds. The molecule has 2 N–H and O–H groups in total. The number of aryl methyl sites for hydroxylation is 1. The molecule has 1 aromatic heterocycles. The maximum absolute atomic E-state index is 14.0. The van der Waals surface area contributed by atoms with Gasteiger partial charge in [0.05, 0.1) is 23.0 Å². The quantitative estimate of drug-likeness (QED) is 0.475. The molecule has 0 aliphatic carbocycles. The van der Waals surface area contributed by atoms with Gasteiger partial charge in [-0.1, -0.05) is 55.5 Å². The Balaban J connectivity index is 1.71. The first kappa shape index (κ1) is 20.0. The fourth-order valence-electron chi connectivity index (χ4n) is 3.66. The van der Waals surface area contributed by atoms with Crippen molar-refractivity contribution >= 4 is 10.9 Å². The predicted molar refractivity (Wildman–Crippen MR) is 118 cm³/mol. The number of benzene rings is 3. The molecular weight excluding hydrogens is 377 g/mol. The summed E-state index contributed by atoms with van der Waals surface area (Å²) in [6, 6.07) is 21.6. The Kier molecular flexibility index (Phi) is 5.72. The van der Waals surface area contributed by atoms with Crippen LogP contribution >= 0.6 is 0 Å². The minimum absolute atomic E-state index is 0.168. The Hall–Kier alpha value is -3.31. The van der Waals surface area contributed by atoms with Crippen LogP contribution in [0.4, 0.5) is 4.39 Å². The van der Waals surface area contributed by atoms with E-state index in [1.165, 1.54) is 17.7 Å². The molecule has 0 bridgehead atoms. The van der Waals surface area contributed by atoms with E-state index >= 15 is 0 Å². The number of halogens is 1. The van der Waals surface area contributed by atoms with Gasteiger partial charge in [0.1, 0.15) is 11.6 Å². The molecule has 0 spiro atoms. The Morgan fingerprint density at radius 1 is 1.00 bits per heavy atom. The van der Waals surface area contributed by atoms with Crippen molar-refractivity contribution in [3.8, 4) is 0 Å². The molecule has 0 saturated heterocycles. The standard InChI is InChI=1S/C25H24FN3O/c1-3-17-11-13-18(14-12-17)23(19-7-6-8-20(26)15-19)27-16(2)24-28-22-10-5-4-9-21(22)25(30)29-24/h4-16,23,27H,3H2,1-2H3,(H,28,29,30)/t16-,23-/m0/s1. The maximum Gasteiger partial charge on any atom is 0.258 e. The lowest BCUT2D eigenvalue weighted by Gasteiger charge is -2.24. The summed E-state index contributed by atoms with van der Waals surface area (Å²) in [7, 11) is 0. The maximum atomic E-state index is 14.0. The Morgan fingerprint density at radius 2 is 1.77 bits per heavy atom. The van der Waals surface area contributed by atoms with Gasteiger partial charge in [0.2, 0.25) is 0 Å². The molecule has 30 heavy (non-hydrogen) atoms. The minimum atomic E-state index is -0.283. The molecule has 3 aromatic carbocycles. The molecule has 0 aliphatic rings. The Labute approximate surface area is 174 Å². The van der Waals surface area contributed by atoms with Crippen LogP contribution in [-0.2, 0) is 6.42 Å². The van der Waals surface area contributed by atoms with Crippen LogP contribution in [0.2, 0.25) is 0 Å². The molecular formula is C25H24FN3O. The zero-order valence-electron chi connectivity index (χ0n) is 17.0. The second-order valence-electron chi connectivity index (χ2n) is 7.44. The van der Waals surface area contributed by atoms with Gasteiger partial charge in [-0.2, -0.15) is 0 Å². The molecule has 0 fully saturated rings. The van der Waals surface area contributed by atoms with E-state index in [1.54, 1.807) is 12.1 Å². The van der Waals surface area contributed by atoms with Crippen LogP contribution in [-0.4, -0.2) is 9.97 Å². The van der Waals surface area contributed by atoms with Gasteiger partial charge < -0.3 is 4.98 Å². The van der Waals surface area contributed by atoms with Crippen molar-refractivity contribution in [1.82, 2.24) is 15.3 Å². The zero-order chi connectivity index (χ0) is 21.1. The number of rotatable bonds is 6. The van der Waals surface area contributed by atoms with Gasteiger partial charge in [0, 0.05) is 0 Å². The molecule has 0 aliphatic heterocycles. The molecule has 0 radical (unpaired) electrons. The second kappa shape index (κ2) is 8.59. The first-order chi connectivity index (χ1) is 14.5. The van der Waals surface area contributed by atoms with Gasteiger partial charge in [-0.15, -0.1) is 0 Å². The third-order valence-electron chi connectivity index (χ3n) is 5.36. The summed E-state index contributed by atoms with van der Waals surface area (Å²) in [4.78, 5) is 20.0. The molecule has 0 saturated carbocycles. The monoisotopic (exact) mass is 401 g/mol. The van der Waals surface area contributed by atoms with Gasteiger partial charge in [-0.3, -0.25) is 10.1 Å². The minimum Gasteiger partial charge on any atom is -0.309 e. The lowest BCUT2D eigenvalue weighted by atomic mass is 9.96. The number of para-hydroxylation sites is 1. The highest BCUT2D eigenvalue weighted by Gasteiger charge is 2.20. The van der Waals surface area contributed by atoms with Gasteiger partial charge in [0.15, 0.2) is 0 Å². The van der Waals surface area contributed by atoms with E-state index < -0.39 is 0 Å². The van der Waals surface area contributed by atoms with Crippen molar-refractivity contribution in [3.05, 3.63) is 111 Å². The van der Waals surface area contributed by atoms with Gasteiger partial charge in [-0.05, 0) is 54.3 Å². The molecule has 5 heteroatoms. The molecule has 4 aromatic rings. The first-order valence-corrected chi connectivity index (χ1v) is 10.1. The number of nitrogens with zero attached hydrogens (tertiary/aromatic N) is 1. The van der Waals surface area contributed by atoms with Gasteiger partial charge in [-0.25, -0.2) is 9.37 Å². The highest BCUT2D eigenvalue weighted by atomic mass is 19.1. The van der Waals surface area contributed by atoms with Gasteiger partial charge in [0.25, 0.3) is 5.56 Å². The summed E-state index contributed by atoms with van der Waals surface area (Å²) in [5, 5.41) is 4.08. The normalized spacial score (nSPS) is 13.3. The van der Waals surface area contributed by atoms with Crippen LogP contribution in [0, 0.1) is 5.82 Å². The number of fused-ring (bicyclic) bond motifs is 1. The topological polar surface area (TPSA) is 57.8 Å². The Morgan fingerprint density at radius 3 is 2.50 bits per heavy atom. The fourth-order valence-corrected chi connectivity index (χ4v) is 3.66. The van der Waals surface area contributed by atoms with E-state index in [-0.39, 0.29) is 23.5 Å². The number of aromatic amines is 1. The lowest BCUT2D eigenvalue weighted by molar-refractivity contribution is 0.494. The second-order valence-corrected chi connectivity index (χ2v) is 7.44. The number of aromatic nitrogens is 2. The smallest absolute Gasteiger partial charge is 0.258 e. The molecule has 4 nitrogen and oxygen atoms in total. The molecule has 152 valence electrons. The summed E-state index contributed by atoms with van der Waals surface area (Å²) >= 11 is 0. The zero-order valence-corrected chi connectivity index (χ0v) is 17.0. The van der Waals surface area contributed by atoms with E-state index in [0.717, 1.165) is 17.5 Å². The van der Waals surface area contributed by atoms with Crippen molar-refractivity contribution in [2.24, 2.45) is 0 Å². The van der Waals surface area contributed by atoms with Crippen LogP contribution in [0.1, 0.15) is 48.4 Å². The molecule has 4 rings (SSSR count). The van der Waals surface area contributed by atoms with Crippen LogP contribution in [0.15, 0.2) is 77.6 Å². The summed E-state index contributed by atoms with van der Waals surface area (Å²) in [5.41, 5.74) is 3.56. The van der Waals surface area contributed by atoms with Crippen molar-refractivity contribution in [3.63, 3.8) is 0 Å². The third-order valence-corrected chi connectivity index (χ3v) is 5.36. The predicted octanol–water partition coefficient (Wildman–Crippen LogP) is 5.06. The third kappa shape index (κ3) is 4.16. The van der Waals surface area contributed by atoms with E-state index in [4.69, 9.17) is 0 Å².